The number of carboxylic acid groups (broad SMARTS) is 1. The van der Waals surface area contributed by atoms with Crippen LogP contribution in [0.2, 0.25) is 5.02 Å². The van der Waals surface area contributed by atoms with E-state index in [1.54, 1.807) is 36.5 Å². The summed E-state index contributed by atoms with van der Waals surface area (Å²) < 4.78 is 5.48. The molecular weight excluding hydrogens is 290 g/mol. The van der Waals surface area contributed by atoms with Crippen molar-refractivity contribution in [3.05, 3.63) is 58.9 Å². The molecule has 0 radical (unpaired) electrons. The number of aromatic nitrogens is 1. The summed E-state index contributed by atoms with van der Waals surface area (Å²) in [7, 11) is 0. The van der Waals surface area contributed by atoms with Crippen molar-refractivity contribution < 1.29 is 14.6 Å². The molecule has 1 aromatic heterocycles. The molecular formula is C16H16ClNO3. The first-order chi connectivity index (χ1) is 10.1. The predicted octanol–water partition coefficient (Wildman–Crippen LogP) is 3.54. The van der Waals surface area contributed by atoms with Gasteiger partial charge in [0.15, 0.2) is 0 Å². The van der Waals surface area contributed by atoms with Crippen LogP contribution in [0.15, 0.2) is 42.6 Å². The highest BCUT2D eigenvalue weighted by Crippen LogP contribution is 2.28. The van der Waals surface area contributed by atoms with Crippen LogP contribution in [0.5, 0.6) is 5.75 Å². The second-order valence-corrected chi connectivity index (χ2v) is 4.98. The van der Waals surface area contributed by atoms with Crippen molar-refractivity contribution in [2.75, 3.05) is 6.61 Å². The van der Waals surface area contributed by atoms with Gasteiger partial charge in [-0.25, -0.2) is 0 Å². The molecule has 0 aliphatic carbocycles. The lowest BCUT2D eigenvalue weighted by atomic mass is 9.95. The van der Waals surface area contributed by atoms with E-state index in [1.807, 2.05) is 13.0 Å². The molecule has 0 fully saturated rings. The van der Waals surface area contributed by atoms with Gasteiger partial charge in [-0.1, -0.05) is 23.7 Å². The Labute approximate surface area is 128 Å². The van der Waals surface area contributed by atoms with Crippen LogP contribution in [0, 0.1) is 0 Å². The van der Waals surface area contributed by atoms with Crippen LogP contribution >= 0.6 is 11.6 Å². The smallest absolute Gasteiger partial charge is 0.313 e. The quantitative estimate of drug-likeness (QED) is 0.886. The summed E-state index contributed by atoms with van der Waals surface area (Å²) in [4.78, 5) is 15.8. The van der Waals surface area contributed by atoms with Gasteiger partial charge in [0, 0.05) is 11.2 Å². The van der Waals surface area contributed by atoms with Crippen molar-refractivity contribution in [1.29, 1.82) is 0 Å². The maximum absolute atomic E-state index is 11.6. The molecule has 1 heterocycles. The second-order valence-electron chi connectivity index (χ2n) is 4.54. The number of ether oxygens (including phenoxy) is 1. The average molecular weight is 306 g/mol. The van der Waals surface area contributed by atoms with Gasteiger partial charge < -0.3 is 9.84 Å². The highest BCUT2D eigenvalue weighted by molar-refractivity contribution is 6.30. The van der Waals surface area contributed by atoms with E-state index in [-0.39, 0.29) is 0 Å². The Morgan fingerprint density at radius 2 is 2.19 bits per heavy atom. The zero-order valence-corrected chi connectivity index (χ0v) is 12.4. The molecule has 1 atom stereocenters. The fourth-order valence-electron chi connectivity index (χ4n) is 2.14. The molecule has 1 unspecified atom stereocenters. The van der Waals surface area contributed by atoms with Crippen molar-refractivity contribution in [2.24, 2.45) is 0 Å². The first kappa shape index (κ1) is 15.3. The van der Waals surface area contributed by atoms with Crippen molar-refractivity contribution in [3.63, 3.8) is 0 Å². The molecule has 2 aromatic rings. The molecule has 0 saturated carbocycles. The molecule has 0 spiro atoms. The largest absolute Gasteiger partial charge is 0.492 e. The number of carboxylic acids is 1. The fraction of sp³-hybridized carbons (Fsp3) is 0.250. The van der Waals surface area contributed by atoms with Gasteiger partial charge in [0.25, 0.3) is 0 Å². The normalized spacial score (nSPS) is 11.9. The number of hydrogen-bond acceptors (Lipinski definition) is 3. The molecule has 0 saturated heterocycles. The van der Waals surface area contributed by atoms with Gasteiger partial charge in [0.05, 0.1) is 12.3 Å². The molecule has 1 aromatic carbocycles. The Kier molecular flexibility index (Phi) is 5.17. The van der Waals surface area contributed by atoms with E-state index in [0.717, 1.165) is 5.56 Å². The van der Waals surface area contributed by atoms with Gasteiger partial charge in [-0.05, 0) is 43.2 Å². The number of nitrogens with zero attached hydrogens (tertiary/aromatic N) is 1. The molecule has 0 aliphatic rings. The highest BCUT2D eigenvalue weighted by atomic mass is 35.5. The topological polar surface area (TPSA) is 59.4 Å². The van der Waals surface area contributed by atoms with E-state index >= 15 is 0 Å². The van der Waals surface area contributed by atoms with E-state index in [0.29, 0.717) is 29.5 Å². The Hall–Kier alpha value is -2.07. The van der Waals surface area contributed by atoms with Crippen molar-refractivity contribution in [1.82, 2.24) is 4.98 Å². The Balaban J connectivity index is 2.33. The van der Waals surface area contributed by atoms with Gasteiger partial charge in [-0.2, -0.15) is 0 Å². The van der Waals surface area contributed by atoms with Crippen molar-refractivity contribution in [3.8, 4) is 5.75 Å². The van der Waals surface area contributed by atoms with E-state index in [4.69, 9.17) is 16.3 Å². The highest BCUT2D eigenvalue weighted by Gasteiger charge is 2.25. The van der Waals surface area contributed by atoms with Crippen molar-refractivity contribution >= 4 is 17.6 Å². The minimum Gasteiger partial charge on any atom is -0.492 e. The first-order valence-electron chi connectivity index (χ1n) is 6.66. The summed E-state index contributed by atoms with van der Waals surface area (Å²) in [6.07, 6.45) is 1.89. The molecule has 0 aliphatic heterocycles. The minimum absolute atomic E-state index is 0.312. The average Bonchev–Trinajstić information content (AvgIpc) is 2.46. The number of aliphatic carboxylic acids is 1. The molecule has 2 rings (SSSR count). The zero-order valence-electron chi connectivity index (χ0n) is 11.6. The van der Waals surface area contributed by atoms with Gasteiger partial charge in [0.2, 0.25) is 0 Å². The maximum atomic E-state index is 11.6. The van der Waals surface area contributed by atoms with Crippen molar-refractivity contribution in [2.45, 2.75) is 19.3 Å². The summed E-state index contributed by atoms with van der Waals surface area (Å²) >= 11 is 5.95. The third-order valence-corrected chi connectivity index (χ3v) is 3.29. The van der Waals surface area contributed by atoms with Gasteiger partial charge in [0.1, 0.15) is 11.7 Å². The van der Waals surface area contributed by atoms with E-state index in [1.165, 1.54) is 0 Å². The summed E-state index contributed by atoms with van der Waals surface area (Å²) in [6.45, 7) is 2.31. The zero-order chi connectivity index (χ0) is 15.2. The number of hydrogen-bond donors (Lipinski definition) is 1. The first-order valence-corrected chi connectivity index (χ1v) is 7.04. The van der Waals surface area contributed by atoms with Crippen LogP contribution in [-0.4, -0.2) is 22.7 Å². The number of pyridine rings is 1. The van der Waals surface area contributed by atoms with Crippen LogP contribution in [0.25, 0.3) is 0 Å². The van der Waals surface area contributed by atoms with Crippen LogP contribution in [0.3, 0.4) is 0 Å². The molecule has 21 heavy (non-hydrogen) atoms. The Morgan fingerprint density at radius 1 is 1.38 bits per heavy atom. The maximum Gasteiger partial charge on any atom is 0.313 e. The summed E-state index contributed by atoms with van der Waals surface area (Å²) in [5, 5.41) is 10.1. The Morgan fingerprint density at radius 3 is 2.86 bits per heavy atom. The standard InChI is InChI=1S/C16H16ClNO3/c1-2-21-14-7-4-8-18-15(14)13(16(19)20)10-11-5-3-6-12(17)9-11/h3-9,13H,2,10H2,1H3,(H,19,20). The third-order valence-electron chi connectivity index (χ3n) is 3.06. The molecule has 110 valence electrons. The van der Waals surface area contributed by atoms with Gasteiger partial charge >= 0.3 is 5.97 Å². The van der Waals surface area contributed by atoms with E-state index < -0.39 is 11.9 Å². The fourth-order valence-corrected chi connectivity index (χ4v) is 2.36. The SMILES string of the molecule is CCOc1cccnc1C(Cc1cccc(Cl)c1)C(=O)O. The predicted molar refractivity (Wildman–Crippen MR) is 80.9 cm³/mol. The monoisotopic (exact) mass is 305 g/mol. The lowest BCUT2D eigenvalue weighted by Crippen LogP contribution is -2.17. The molecule has 1 N–H and O–H groups in total. The molecule has 5 heteroatoms. The Bertz CT molecular complexity index is 630. The molecule has 0 amide bonds. The second kappa shape index (κ2) is 7.09. The number of benzene rings is 1. The summed E-state index contributed by atoms with van der Waals surface area (Å²) in [5.41, 5.74) is 1.29. The number of rotatable bonds is 6. The minimum atomic E-state index is -0.936. The third kappa shape index (κ3) is 3.95. The van der Waals surface area contributed by atoms with Crippen LogP contribution < -0.4 is 4.74 Å². The summed E-state index contributed by atoms with van der Waals surface area (Å²) in [5.74, 6) is -1.20. The van der Waals surface area contributed by atoms with Gasteiger partial charge in [-0.3, -0.25) is 9.78 Å². The van der Waals surface area contributed by atoms with E-state index in [9.17, 15) is 9.90 Å². The molecule has 0 bridgehead atoms. The lowest BCUT2D eigenvalue weighted by molar-refractivity contribution is -0.138. The van der Waals surface area contributed by atoms with Crippen LogP contribution in [-0.2, 0) is 11.2 Å². The van der Waals surface area contributed by atoms with Crippen LogP contribution in [0.1, 0.15) is 24.1 Å². The number of halogens is 1. The lowest BCUT2D eigenvalue weighted by Gasteiger charge is -2.16. The summed E-state index contributed by atoms with van der Waals surface area (Å²) in [6, 6.07) is 10.6. The van der Waals surface area contributed by atoms with Crippen LogP contribution in [0.4, 0.5) is 0 Å². The number of carbonyl (C=O) groups is 1. The van der Waals surface area contributed by atoms with E-state index in [2.05, 4.69) is 4.98 Å². The van der Waals surface area contributed by atoms with Gasteiger partial charge in [-0.15, -0.1) is 0 Å². The molecule has 4 nitrogen and oxygen atoms in total.